The van der Waals surface area contributed by atoms with Crippen molar-refractivity contribution in [1.82, 2.24) is 0 Å². The summed E-state index contributed by atoms with van der Waals surface area (Å²) in [5.41, 5.74) is 1.36. The van der Waals surface area contributed by atoms with Crippen molar-refractivity contribution < 1.29 is 14.6 Å². The summed E-state index contributed by atoms with van der Waals surface area (Å²) in [5.74, 6) is -0.712. The fourth-order valence-electron chi connectivity index (χ4n) is 3.38. The van der Waals surface area contributed by atoms with Gasteiger partial charge in [0.2, 0.25) is 0 Å². The summed E-state index contributed by atoms with van der Waals surface area (Å²) in [5, 5.41) is 11.1. The van der Waals surface area contributed by atoms with E-state index in [4.69, 9.17) is 4.74 Å². The molecule has 1 N–H and O–H groups in total. The number of aryl methyl sites for hydroxylation is 1. The number of halogens is 1. The number of ether oxygens (including phenoxy) is 1. The standard InChI is InChI=1S/C17H23BrO3/c1-4-21-16(19)15(11(2)3)17(20)8-7-12-9-14(18)6-5-13(12)10-17/h5-6,9,11,15,20H,4,7-8,10H2,1-3H3. The van der Waals surface area contributed by atoms with Gasteiger partial charge in [-0.3, -0.25) is 4.79 Å². The Morgan fingerprint density at radius 2 is 2.14 bits per heavy atom. The summed E-state index contributed by atoms with van der Waals surface area (Å²) in [7, 11) is 0. The highest BCUT2D eigenvalue weighted by Gasteiger charge is 2.45. The van der Waals surface area contributed by atoms with Gasteiger partial charge in [-0.05, 0) is 48.9 Å². The third-order valence-corrected chi connectivity index (χ3v) is 4.77. The molecular weight excluding hydrogens is 332 g/mol. The van der Waals surface area contributed by atoms with Gasteiger partial charge in [-0.25, -0.2) is 0 Å². The molecule has 0 aliphatic heterocycles. The molecule has 21 heavy (non-hydrogen) atoms. The molecule has 116 valence electrons. The van der Waals surface area contributed by atoms with Gasteiger partial charge in [0.05, 0.1) is 18.1 Å². The van der Waals surface area contributed by atoms with Crippen LogP contribution in [0.15, 0.2) is 22.7 Å². The van der Waals surface area contributed by atoms with Gasteiger partial charge in [0.1, 0.15) is 0 Å². The molecule has 0 saturated carbocycles. The zero-order chi connectivity index (χ0) is 15.6. The second kappa shape index (κ2) is 6.49. The molecule has 1 aliphatic carbocycles. The summed E-state index contributed by atoms with van der Waals surface area (Å²) < 4.78 is 6.24. The van der Waals surface area contributed by atoms with E-state index in [2.05, 4.69) is 22.0 Å². The van der Waals surface area contributed by atoms with Crippen LogP contribution in [0.1, 0.15) is 38.3 Å². The lowest BCUT2D eigenvalue weighted by molar-refractivity contribution is -0.163. The average molecular weight is 355 g/mol. The molecule has 0 radical (unpaired) electrons. The molecule has 0 bridgehead atoms. The van der Waals surface area contributed by atoms with E-state index in [9.17, 15) is 9.90 Å². The third kappa shape index (κ3) is 3.49. The van der Waals surface area contributed by atoms with Gasteiger partial charge in [-0.15, -0.1) is 0 Å². The number of fused-ring (bicyclic) bond motifs is 1. The van der Waals surface area contributed by atoms with E-state index in [1.54, 1.807) is 6.92 Å². The predicted molar refractivity (Wildman–Crippen MR) is 86.1 cm³/mol. The van der Waals surface area contributed by atoms with Crippen molar-refractivity contribution in [2.45, 2.75) is 45.6 Å². The van der Waals surface area contributed by atoms with Gasteiger partial charge in [-0.2, -0.15) is 0 Å². The Labute approximate surface area is 134 Å². The van der Waals surface area contributed by atoms with Crippen LogP contribution in [-0.4, -0.2) is 23.3 Å². The summed E-state index contributed by atoms with van der Waals surface area (Å²) in [6, 6.07) is 6.12. The lowest BCUT2D eigenvalue weighted by Gasteiger charge is -2.40. The first-order valence-corrected chi connectivity index (χ1v) is 8.33. The molecule has 2 atom stereocenters. The molecule has 0 spiro atoms. The average Bonchev–Trinajstić information content (AvgIpc) is 2.39. The van der Waals surface area contributed by atoms with Crippen LogP contribution < -0.4 is 0 Å². The maximum absolute atomic E-state index is 12.3. The van der Waals surface area contributed by atoms with Crippen LogP contribution in [0.4, 0.5) is 0 Å². The fraction of sp³-hybridized carbons (Fsp3) is 0.588. The van der Waals surface area contributed by atoms with Gasteiger partial charge in [0.15, 0.2) is 0 Å². The third-order valence-electron chi connectivity index (χ3n) is 4.28. The van der Waals surface area contributed by atoms with Crippen LogP contribution in [0, 0.1) is 11.8 Å². The van der Waals surface area contributed by atoms with Crippen molar-refractivity contribution in [2.75, 3.05) is 6.61 Å². The maximum Gasteiger partial charge on any atom is 0.312 e. The molecule has 2 rings (SSSR count). The normalized spacial score (nSPS) is 22.8. The minimum atomic E-state index is -1.01. The number of carbonyl (C=O) groups is 1. The van der Waals surface area contributed by atoms with Crippen molar-refractivity contribution in [3.05, 3.63) is 33.8 Å². The zero-order valence-electron chi connectivity index (χ0n) is 12.9. The molecule has 4 heteroatoms. The van der Waals surface area contributed by atoms with Crippen molar-refractivity contribution in [1.29, 1.82) is 0 Å². The van der Waals surface area contributed by atoms with Gasteiger partial charge < -0.3 is 9.84 Å². The van der Waals surface area contributed by atoms with Crippen LogP contribution in [0.3, 0.4) is 0 Å². The minimum absolute atomic E-state index is 0.0473. The molecule has 0 saturated heterocycles. The van der Waals surface area contributed by atoms with Crippen LogP contribution in [0.5, 0.6) is 0 Å². The van der Waals surface area contributed by atoms with Gasteiger partial charge in [0, 0.05) is 10.9 Å². The monoisotopic (exact) mass is 354 g/mol. The number of esters is 1. The fourth-order valence-corrected chi connectivity index (χ4v) is 3.79. The van der Waals surface area contributed by atoms with Gasteiger partial charge >= 0.3 is 5.97 Å². The smallest absolute Gasteiger partial charge is 0.312 e. The van der Waals surface area contributed by atoms with Crippen LogP contribution in [-0.2, 0) is 22.4 Å². The largest absolute Gasteiger partial charge is 0.466 e. The van der Waals surface area contributed by atoms with E-state index in [1.807, 2.05) is 26.0 Å². The predicted octanol–water partition coefficient (Wildman–Crippen LogP) is 3.50. The van der Waals surface area contributed by atoms with E-state index >= 15 is 0 Å². The molecule has 3 nitrogen and oxygen atoms in total. The van der Waals surface area contributed by atoms with E-state index in [0.29, 0.717) is 19.4 Å². The number of benzene rings is 1. The highest BCUT2D eigenvalue weighted by molar-refractivity contribution is 9.10. The Hall–Kier alpha value is -0.870. The molecule has 0 amide bonds. The van der Waals surface area contributed by atoms with Gasteiger partial charge in [-0.1, -0.05) is 35.8 Å². The first-order chi connectivity index (χ1) is 9.87. The first-order valence-electron chi connectivity index (χ1n) is 7.53. The number of rotatable bonds is 4. The Morgan fingerprint density at radius 3 is 2.76 bits per heavy atom. The summed E-state index contributed by atoms with van der Waals surface area (Å²) in [6.07, 6.45) is 1.89. The summed E-state index contributed by atoms with van der Waals surface area (Å²) >= 11 is 3.48. The lowest BCUT2D eigenvalue weighted by Crippen LogP contribution is -2.49. The molecule has 1 aromatic rings. The second-order valence-corrected chi connectivity index (χ2v) is 7.08. The Kier molecular flexibility index (Phi) is 5.10. The number of carbonyl (C=O) groups excluding carboxylic acids is 1. The number of hydrogen-bond acceptors (Lipinski definition) is 3. The van der Waals surface area contributed by atoms with Crippen LogP contribution in [0.25, 0.3) is 0 Å². The quantitative estimate of drug-likeness (QED) is 0.841. The lowest BCUT2D eigenvalue weighted by atomic mass is 9.69. The van der Waals surface area contributed by atoms with E-state index < -0.39 is 11.5 Å². The molecule has 0 heterocycles. The topological polar surface area (TPSA) is 46.5 Å². The molecule has 2 unspecified atom stereocenters. The molecule has 0 aromatic heterocycles. The second-order valence-electron chi connectivity index (χ2n) is 6.17. The van der Waals surface area contributed by atoms with Gasteiger partial charge in [0.25, 0.3) is 0 Å². The zero-order valence-corrected chi connectivity index (χ0v) is 14.4. The highest BCUT2D eigenvalue weighted by atomic mass is 79.9. The summed E-state index contributed by atoms with van der Waals surface area (Å²) in [4.78, 5) is 12.3. The van der Waals surface area contributed by atoms with E-state index in [0.717, 1.165) is 16.5 Å². The number of hydrogen-bond donors (Lipinski definition) is 1. The van der Waals surface area contributed by atoms with Crippen molar-refractivity contribution >= 4 is 21.9 Å². The molecule has 1 aromatic carbocycles. The van der Waals surface area contributed by atoms with Crippen molar-refractivity contribution in [3.8, 4) is 0 Å². The van der Waals surface area contributed by atoms with Crippen LogP contribution in [0.2, 0.25) is 0 Å². The highest BCUT2D eigenvalue weighted by Crippen LogP contribution is 2.38. The van der Waals surface area contributed by atoms with Crippen molar-refractivity contribution in [3.63, 3.8) is 0 Å². The number of aliphatic hydroxyl groups is 1. The Bertz CT molecular complexity index is 527. The SMILES string of the molecule is CCOC(=O)C(C(C)C)C1(O)CCc2cc(Br)ccc2C1. The Morgan fingerprint density at radius 1 is 1.43 bits per heavy atom. The first kappa shape index (κ1) is 16.5. The molecule has 1 aliphatic rings. The molecular formula is C17H23BrO3. The molecule has 0 fully saturated rings. The maximum atomic E-state index is 12.3. The van der Waals surface area contributed by atoms with E-state index in [-0.39, 0.29) is 11.9 Å². The Balaban J connectivity index is 2.29. The van der Waals surface area contributed by atoms with Crippen LogP contribution >= 0.6 is 15.9 Å². The minimum Gasteiger partial charge on any atom is -0.466 e. The summed E-state index contributed by atoms with van der Waals surface area (Å²) in [6.45, 7) is 6.09. The van der Waals surface area contributed by atoms with E-state index in [1.165, 1.54) is 5.56 Å². The van der Waals surface area contributed by atoms with Crippen molar-refractivity contribution in [2.24, 2.45) is 11.8 Å².